The van der Waals surface area contributed by atoms with Crippen LogP contribution in [0.2, 0.25) is 0 Å². The van der Waals surface area contributed by atoms with Crippen molar-refractivity contribution < 1.29 is 9.59 Å². The lowest BCUT2D eigenvalue weighted by Crippen LogP contribution is -2.44. The molecule has 4 rings (SSSR count). The van der Waals surface area contributed by atoms with Crippen LogP contribution in [0.15, 0.2) is 48.2 Å². The average molecular weight is 433 g/mol. The van der Waals surface area contributed by atoms with Gasteiger partial charge in [0.15, 0.2) is 0 Å². The quantitative estimate of drug-likeness (QED) is 0.731. The van der Waals surface area contributed by atoms with E-state index in [2.05, 4.69) is 34.3 Å². The normalized spacial score (nSPS) is 17.7. The van der Waals surface area contributed by atoms with Crippen molar-refractivity contribution in [1.29, 1.82) is 0 Å². The van der Waals surface area contributed by atoms with Crippen LogP contribution in [0.5, 0.6) is 0 Å². The SMILES string of the molecule is Cc1ccc(C2=C(Nc3ccc(N4CCN(C)CC4)cc3)C(=O)N(C(C)C)C2=O)c(C)c1. The maximum absolute atomic E-state index is 13.3. The second-order valence-corrected chi connectivity index (χ2v) is 9.10. The van der Waals surface area contributed by atoms with E-state index < -0.39 is 0 Å². The zero-order chi connectivity index (χ0) is 23.0. The van der Waals surface area contributed by atoms with Gasteiger partial charge in [0.25, 0.3) is 11.8 Å². The number of benzene rings is 2. The van der Waals surface area contributed by atoms with Gasteiger partial charge in [-0.15, -0.1) is 0 Å². The predicted molar refractivity (Wildman–Crippen MR) is 130 cm³/mol. The highest BCUT2D eigenvalue weighted by Crippen LogP contribution is 2.34. The van der Waals surface area contributed by atoms with Crippen molar-refractivity contribution in [2.24, 2.45) is 0 Å². The molecule has 1 saturated heterocycles. The van der Waals surface area contributed by atoms with Gasteiger partial charge in [0.1, 0.15) is 5.70 Å². The first-order chi connectivity index (χ1) is 15.3. The van der Waals surface area contributed by atoms with Crippen LogP contribution in [0.1, 0.15) is 30.5 Å². The second kappa shape index (κ2) is 8.79. The van der Waals surface area contributed by atoms with E-state index in [0.717, 1.165) is 48.6 Å². The number of carbonyl (C=O) groups excluding carboxylic acids is 2. The van der Waals surface area contributed by atoms with E-state index in [1.165, 1.54) is 10.6 Å². The van der Waals surface area contributed by atoms with E-state index in [4.69, 9.17) is 0 Å². The summed E-state index contributed by atoms with van der Waals surface area (Å²) in [5, 5.41) is 3.27. The second-order valence-electron chi connectivity index (χ2n) is 9.10. The summed E-state index contributed by atoms with van der Waals surface area (Å²) in [5.41, 5.74) is 5.67. The monoisotopic (exact) mass is 432 g/mol. The summed E-state index contributed by atoms with van der Waals surface area (Å²) in [6.45, 7) is 11.8. The lowest BCUT2D eigenvalue weighted by molar-refractivity contribution is -0.138. The van der Waals surface area contributed by atoms with Crippen molar-refractivity contribution in [2.75, 3.05) is 43.4 Å². The molecule has 0 aromatic heterocycles. The van der Waals surface area contributed by atoms with Gasteiger partial charge in [0.2, 0.25) is 0 Å². The molecule has 1 N–H and O–H groups in total. The molecule has 2 aliphatic heterocycles. The molecule has 2 heterocycles. The van der Waals surface area contributed by atoms with Crippen molar-refractivity contribution >= 4 is 28.8 Å². The maximum Gasteiger partial charge on any atom is 0.278 e. The number of hydrogen-bond donors (Lipinski definition) is 1. The highest BCUT2D eigenvalue weighted by molar-refractivity contribution is 6.36. The van der Waals surface area contributed by atoms with Crippen LogP contribution in [0.4, 0.5) is 11.4 Å². The molecule has 0 unspecified atom stereocenters. The largest absolute Gasteiger partial charge is 0.369 e. The lowest BCUT2D eigenvalue weighted by atomic mass is 9.97. The molecule has 0 saturated carbocycles. The molecule has 2 aromatic rings. The van der Waals surface area contributed by atoms with Crippen molar-refractivity contribution in [3.63, 3.8) is 0 Å². The molecule has 6 nitrogen and oxygen atoms in total. The first-order valence-corrected chi connectivity index (χ1v) is 11.3. The number of piperazine rings is 1. The summed E-state index contributed by atoms with van der Waals surface area (Å²) in [6, 6.07) is 13.9. The third-order valence-electron chi connectivity index (χ3n) is 6.29. The maximum atomic E-state index is 13.3. The minimum Gasteiger partial charge on any atom is -0.369 e. The average Bonchev–Trinajstić information content (AvgIpc) is 2.99. The molecular weight excluding hydrogens is 400 g/mol. The molecule has 2 aromatic carbocycles. The third kappa shape index (κ3) is 4.15. The van der Waals surface area contributed by atoms with Crippen LogP contribution in [-0.4, -0.2) is 60.9 Å². The van der Waals surface area contributed by atoms with Crippen LogP contribution in [0, 0.1) is 13.8 Å². The van der Waals surface area contributed by atoms with Crippen LogP contribution in [-0.2, 0) is 9.59 Å². The van der Waals surface area contributed by atoms with E-state index in [1.807, 2.05) is 58.0 Å². The molecule has 0 aliphatic carbocycles. The van der Waals surface area contributed by atoms with Crippen LogP contribution in [0.25, 0.3) is 5.57 Å². The number of likely N-dealkylation sites (N-methyl/N-ethyl adjacent to an activating group) is 1. The van der Waals surface area contributed by atoms with Gasteiger partial charge in [-0.3, -0.25) is 14.5 Å². The summed E-state index contributed by atoms with van der Waals surface area (Å²) in [5.74, 6) is -0.517. The van der Waals surface area contributed by atoms with Gasteiger partial charge in [-0.05, 0) is 70.1 Å². The molecule has 0 bridgehead atoms. The number of amides is 2. The number of nitrogens with zero attached hydrogens (tertiary/aromatic N) is 3. The van der Waals surface area contributed by atoms with E-state index in [1.54, 1.807) is 0 Å². The summed E-state index contributed by atoms with van der Waals surface area (Å²) in [6.07, 6.45) is 0. The zero-order valence-corrected chi connectivity index (χ0v) is 19.6. The standard InChI is InChI=1S/C26H32N4O2/c1-17(2)30-25(31)23(22-11-6-18(3)16-19(22)4)24(26(30)32)27-20-7-9-21(10-8-20)29-14-12-28(5)13-15-29/h6-11,16-17,27H,12-15H2,1-5H3. The summed E-state index contributed by atoms with van der Waals surface area (Å²) in [4.78, 5) is 32.6. The Labute approximate surface area is 190 Å². The molecule has 0 atom stereocenters. The third-order valence-corrected chi connectivity index (χ3v) is 6.29. The molecule has 1 fully saturated rings. The van der Waals surface area contributed by atoms with Crippen molar-refractivity contribution in [3.05, 3.63) is 64.9 Å². The van der Waals surface area contributed by atoms with Crippen molar-refractivity contribution in [1.82, 2.24) is 9.80 Å². The Hall–Kier alpha value is -3.12. The number of imide groups is 1. The molecule has 0 radical (unpaired) electrons. The molecule has 0 spiro atoms. The topological polar surface area (TPSA) is 55.9 Å². The van der Waals surface area contributed by atoms with Gasteiger partial charge in [-0.1, -0.05) is 23.8 Å². The van der Waals surface area contributed by atoms with Crippen molar-refractivity contribution in [3.8, 4) is 0 Å². The van der Waals surface area contributed by atoms with Gasteiger partial charge in [-0.2, -0.15) is 0 Å². The Morgan fingerprint density at radius 3 is 2.12 bits per heavy atom. The zero-order valence-electron chi connectivity index (χ0n) is 19.6. The molecule has 32 heavy (non-hydrogen) atoms. The van der Waals surface area contributed by atoms with Gasteiger partial charge in [0, 0.05) is 43.6 Å². The Balaban J connectivity index is 1.66. The minimum atomic E-state index is -0.275. The summed E-state index contributed by atoms with van der Waals surface area (Å²) in [7, 11) is 2.14. The lowest BCUT2D eigenvalue weighted by Gasteiger charge is -2.34. The Bertz CT molecular complexity index is 1060. The van der Waals surface area contributed by atoms with Gasteiger partial charge < -0.3 is 15.1 Å². The number of aryl methyl sites for hydroxylation is 2. The summed E-state index contributed by atoms with van der Waals surface area (Å²) >= 11 is 0. The fraction of sp³-hybridized carbons (Fsp3) is 0.385. The van der Waals surface area contributed by atoms with E-state index >= 15 is 0 Å². The minimum absolute atomic E-state index is 0.213. The highest BCUT2D eigenvalue weighted by Gasteiger charge is 2.41. The summed E-state index contributed by atoms with van der Waals surface area (Å²) < 4.78 is 0. The predicted octanol–water partition coefficient (Wildman–Crippen LogP) is 3.66. The number of hydrogen-bond acceptors (Lipinski definition) is 5. The van der Waals surface area contributed by atoms with Gasteiger partial charge in [0.05, 0.1) is 5.57 Å². The van der Waals surface area contributed by atoms with E-state index in [0.29, 0.717) is 11.3 Å². The van der Waals surface area contributed by atoms with Crippen LogP contribution in [0.3, 0.4) is 0 Å². The van der Waals surface area contributed by atoms with E-state index in [-0.39, 0.29) is 17.9 Å². The molecule has 6 heteroatoms. The first-order valence-electron chi connectivity index (χ1n) is 11.3. The number of anilines is 2. The van der Waals surface area contributed by atoms with Crippen molar-refractivity contribution in [2.45, 2.75) is 33.7 Å². The fourth-order valence-corrected chi connectivity index (χ4v) is 4.44. The molecule has 2 amide bonds. The fourth-order valence-electron chi connectivity index (χ4n) is 4.44. The Morgan fingerprint density at radius 2 is 1.53 bits per heavy atom. The Kier molecular flexibility index (Phi) is 6.07. The number of carbonyl (C=O) groups is 2. The van der Waals surface area contributed by atoms with Gasteiger partial charge >= 0.3 is 0 Å². The van der Waals surface area contributed by atoms with Crippen LogP contribution < -0.4 is 10.2 Å². The van der Waals surface area contributed by atoms with E-state index in [9.17, 15) is 9.59 Å². The van der Waals surface area contributed by atoms with Crippen LogP contribution >= 0.6 is 0 Å². The molecule has 2 aliphatic rings. The number of rotatable bonds is 5. The number of nitrogens with one attached hydrogen (secondary N) is 1. The smallest absolute Gasteiger partial charge is 0.278 e. The van der Waals surface area contributed by atoms with Gasteiger partial charge in [-0.25, -0.2) is 0 Å². The first kappa shape index (κ1) is 22.1. The highest BCUT2D eigenvalue weighted by atomic mass is 16.2. The Morgan fingerprint density at radius 1 is 0.875 bits per heavy atom. The molecule has 168 valence electrons. The molecular formula is C26H32N4O2.